The van der Waals surface area contributed by atoms with E-state index in [0.29, 0.717) is 18.3 Å². The Morgan fingerprint density at radius 2 is 2.25 bits per heavy atom. The number of esters is 1. The Bertz CT molecular complexity index is 711. The second-order valence-electron chi connectivity index (χ2n) is 5.81. The van der Waals surface area contributed by atoms with Gasteiger partial charge in [0.25, 0.3) is 0 Å². The van der Waals surface area contributed by atoms with Crippen LogP contribution < -0.4 is 5.73 Å². The number of carbonyl (C=O) groups is 1. The lowest BCUT2D eigenvalue weighted by molar-refractivity contribution is 0.0515. The third-order valence-electron chi connectivity index (χ3n) is 4.22. The molecule has 0 spiro atoms. The van der Waals surface area contributed by atoms with Gasteiger partial charge in [-0.25, -0.2) is 9.42 Å². The highest BCUT2D eigenvalue weighted by atomic mass is 16.6. The minimum absolute atomic E-state index is 0.0863. The van der Waals surface area contributed by atoms with Gasteiger partial charge < -0.3 is 10.5 Å². The zero-order valence-electron chi connectivity index (χ0n) is 13.8. The summed E-state index contributed by atoms with van der Waals surface area (Å²) in [6, 6.07) is 0.407. The Labute approximate surface area is 138 Å². The molecule has 2 N–H and O–H groups in total. The molecule has 2 aromatic heterocycles. The van der Waals surface area contributed by atoms with Crippen molar-refractivity contribution in [2.45, 2.75) is 45.7 Å². The lowest BCUT2D eigenvalue weighted by Gasteiger charge is -2.33. The molecule has 1 aliphatic heterocycles. The van der Waals surface area contributed by atoms with Crippen LogP contribution in [0, 0.1) is 0 Å². The molecule has 0 unspecified atom stereocenters. The van der Waals surface area contributed by atoms with Gasteiger partial charge in [-0.05, 0) is 43.5 Å². The van der Waals surface area contributed by atoms with E-state index in [9.17, 15) is 4.79 Å². The summed E-state index contributed by atoms with van der Waals surface area (Å²) in [4.78, 5) is 14.5. The van der Waals surface area contributed by atoms with Gasteiger partial charge in [-0.1, -0.05) is 11.6 Å². The molecule has 1 fully saturated rings. The second kappa shape index (κ2) is 6.95. The minimum Gasteiger partial charge on any atom is -0.461 e. The minimum atomic E-state index is -0.515. The van der Waals surface area contributed by atoms with Crippen molar-refractivity contribution in [2.24, 2.45) is 0 Å². The van der Waals surface area contributed by atoms with Crippen LogP contribution in [0.1, 0.15) is 49.3 Å². The molecule has 3 heterocycles. The fourth-order valence-corrected chi connectivity index (χ4v) is 2.89. The number of piperidine rings is 1. The van der Waals surface area contributed by atoms with E-state index in [1.165, 1.54) is 11.1 Å². The molecule has 1 aliphatic rings. The van der Waals surface area contributed by atoms with Crippen LogP contribution in [0.2, 0.25) is 0 Å². The third-order valence-corrected chi connectivity index (χ3v) is 4.22. The molecule has 1 saturated heterocycles. The summed E-state index contributed by atoms with van der Waals surface area (Å²) in [5, 5.41) is 15.3. The number of likely N-dealkylation sites (tertiary alicyclic amines) is 1. The molecule has 0 saturated carbocycles. The van der Waals surface area contributed by atoms with Crippen LogP contribution in [0.15, 0.2) is 4.63 Å². The first-order valence-corrected chi connectivity index (χ1v) is 8.06. The van der Waals surface area contributed by atoms with E-state index in [-0.39, 0.29) is 23.9 Å². The van der Waals surface area contributed by atoms with E-state index in [4.69, 9.17) is 10.5 Å². The first-order chi connectivity index (χ1) is 11.6. The molecule has 2 aromatic rings. The number of hydrogen-bond acceptors (Lipinski definition) is 9. The van der Waals surface area contributed by atoms with Gasteiger partial charge in [-0.2, -0.15) is 4.68 Å². The topological polar surface area (TPSA) is 125 Å². The van der Waals surface area contributed by atoms with Crippen molar-refractivity contribution in [2.75, 3.05) is 18.9 Å². The van der Waals surface area contributed by atoms with E-state index in [1.54, 1.807) is 6.92 Å². The molecule has 0 bridgehead atoms. The van der Waals surface area contributed by atoms with E-state index in [1.807, 2.05) is 0 Å². The highest BCUT2D eigenvalue weighted by Gasteiger charge is 2.28. The molecule has 0 aliphatic carbocycles. The summed E-state index contributed by atoms with van der Waals surface area (Å²) in [5.41, 5.74) is 6.50. The molecule has 3 rings (SSSR count). The van der Waals surface area contributed by atoms with Crippen LogP contribution in [-0.2, 0) is 11.3 Å². The highest BCUT2D eigenvalue weighted by Crippen LogP contribution is 2.23. The van der Waals surface area contributed by atoms with Crippen LogP contribution in [-0.4, -0.2) is 55.4 Å². The van der Waals surface area contributed by atoms with Gasteiger partial charge in [-0.3, -0.25) is 4.90 Å². The first-order valence-electron chi connectivity index (χ1n) is 8.06. The molecule has 0 amide bonds. The maximum absolute atomic E-state index is 12.2. The Morgan fingerprint density at radius 1 is 1.42 bits per heavy atom. The average molecular weight is 335 g/mol. The summed E-state index contributed by atoms with van der Waals surface area (Å²) >= 11 is 0. The summed E-state index contributed by atoms with van der Waals surface area (Å²) in [5.74, 6) is -0.209. The van der Waals surface area contributed by atoms with Crippen molar-refractivity contribution < 1.29 is 14.2 Å². The number of nitrogen functional groups attached to an aromatic ring is 1. The maximum atomic E-state index is 12.2. The molecule has 10 heteroatoms. The molecular formula is C14H21N7O3. The molecule has 1 atom stereocenters. The Kier molecular flexibility index (Phi) is 4.74. The number of ether oxygens (including phenoxy) is 1. The van der Waals surface area contributed by atoms with Crippen LogP contribution in [0.25, 0.3) is 5.82 Å². The van der Waals surface area contributed by atoms with Gasteiger partial charge in [0.15, 0.2) is 5.69 Å². The number of aromatic nitrogens is 5. The highest BCUT2D eigenvalue weighted by molar-refractivity contribution is 5.88. The Morgan fingerprint density at radius 3 is 2.92 bits per heavy atom. The molecule has 0 aromatic carbocycles. The number of nitrogens with two attached hydrogens (primary N) is 1. The number of rotatable bonds is 5. The van der Waals surface area contributed by atoms with Crippen molar-refractivity contribution in [3.63, 3.8) is 0 Å². The fraction of sp³-hybridized carbons (Fsp3) is 0.643. The van der Waals surface area contributed by atoms with Crippen molar-refractivity contribution >= 4 is 11.8 Å². The van der Waals surface area contributed by atoms with Crippen molar-refractivity contribution in [3.05, 3.63) is 11.4 Å². The Balaban J connectivity index is 1.97. The summed E-state index contributed by atoms with van der Waals surface area (Å²) in [6.45, 7) is 5.62. The predicted octanol–water partition coefficient (Wildman–Crippen LogP) is 0.784. The number of carbonyl (C=O) groups excluding carboxylic acids is 1. The van der Waals surface area contributed by atoms with Crippen LogP contribution >= 0.6 is 0 Å². The molecule has 130 valence electrons. The quantitative estimate of drug-likeness (QED) is 0.789. The maximum Gasteiger partial charge on any atom is 0.360 e. The monoisotopic (exact) mass is 335 g/mol. The van der Waals surface area contributed by atoms with Crippen molar-refractivity contribution in [1.29, 1.82) is 0 Å². The largest absolute Gasteiger partial charge is 0.461 e. The summed E-state index contributed by atoms with van der Waals surface area (Å²) in [6.07, 6.45) is 3.44. The molecule has 24 heavy (non-hydrogen) atoms. The SMILES string of the molecule is CCOC(=O)c1nnn(-c2nonc2N)c1CN1CCCC[C@H]1C. The average Bonchev–Trinajstić information content (AvgIpc) is 3.16. The van der Waals surface area contributed by atoms with E-state index in [2.05, 4.69) is 37.1 Å². The first kappa shape index (κ1) is 16.4. The van der Waals surface area contributed by atoms with Gasteiger partial charge >= 0.3 is 5.97 Å². The standard InChI is InChI=1S/C14H21N7O3/c1-3-23-14(22)11-10(8-20-7-5-4-6-9(20)2)21(19-16-11)13-12(15)17-24-18-13/h9H,3-8H2,1-2H3,(H2,15,17)/t9-/m1/s1. The van der Waals surface area contributed by atoms with Gasteiger partial charge in [-0.15, -0.1) is 5.10 Å². The van der Waals surface area contributed by atoms with E-state index >= 15 is 0 Å². The number of hydrogen-bond donors (Lipinski definition) is 1. The van der Waals surface area contributed by atoms with Gasteiger partial charge in [0.05, 0.1) is 12.3 Å². The van der Waals surface area contributed by atoms with Crippen molar-refractivity contribution in [3.8, 4) is 5.82 Å². The van der Waals surface area contributed by atoms with E-state index < -0.39 is 5.97 Å². The zero-order chi connectivity index (χ0) is 17.1. The number of anilines is 1. The third kappa shape index (κ3) is 3.09. The molecular weight excluding hydrogens is 314 g/mol. The molecule has 0 radical (unpaired) electrons. The zero-order valence-corrected chi connectivity index (χ0v) is 13.8. The normalized spacial score (nSPS) is 18.7. The lowest BCUT2D eigenvalue weighted by Crippen LogP contribution is -2.37. The summed E-state index contributed by atoms with van der Waals surface area (Å²) in [7, 11) is 0. The van der Waals surface area contributed by atoms with Crippen molar-refractivity contribution in [1.82, 2.24) is 30.2 Å². The second-order valence-corrected chi connectivity index (χ2v) is 5.81. The molecule has 10 nitrogen and oxygen atoms in total. The lowest BCUT2D eigenvalue weighted by atomic mass is 10.0. The van der Waals surface area contributed by atoms with E-state index in [0.717, 1.165) is 19.4 Å². The van der Waals surface area contributed by atoms with Gasteiger partial charge in [0, 0.05) is 12.6 Å². The van der Waals surface area contributed by atoms with Crippen LogP contribution in [0.3, 0.4) is 0 Å². The predicted molar refractivity (Wildman–Crippen MR) is 83.3 cm³/mol. The fourth-order valence-electron chi connectivity index (χ4n) is 2.89. The van der Waals surface area contributed by atoms with Crippen LogP contribution in [0.5, 0.6) is 0 Å². The smallest absolute Gasteiger partial charge is 0.360 e. The number of nitrogens with zero attached hydrogens (tertiary/aromatic N) is 6. The van der Waals surface area contributed by atoms with Gasteiger partial charge in [0.1, 0.15) is 0 Å². The summed E-state index contributed by atoms with van der Waals surface area (Å²) < 4.78 is 11.1. The Hall–Kier alpha value is -2.49. The van der Waals surface area contributed by atoms with Crippen LogP contribution in [0.4, 0.5) is 5.82 Å². The van der Waals surface area contributed by atoms with Gasteiger partial charge in [0.2, 0.25) is 11.6 Å².